The van der Waals surface area contributed by atoms with Gasteiger partial charge < -0.3 is 15.5 Å². The molecule has 5 heteroatoms. The number of benzene rings is 1. The van der Waals surface area contributed by atoms with E-state index in [0.717, 1.165) is 37.4 Å². The van der Waals surface area contributed by atoms with Crippen molar-refractivity contribution in [3.05, 3.63) is 53.7 Å². The van der Waals surface area contributed by atoms with Crippen LogP contribution in [0.5, 0.6) is 0 Å². The highest BCUT2D eigenvalue weighted by atomic mass is 16.1. The largest absolute Gasteiger partial charge is 0.367 e. The van der Waals surface area contributed by atoms with Gasteiger partial charge in [-0.05, 0) is 64.2 Å². The lowest BCUT2D eigenvalue weighted by Crippen LogP contribution is -2.36. The summed E-state index contributed by atoms with van der Waals surface area (Å²) in [5, 5.41) is 6.34. The van der Waals surface area contributed by atoms with Crippen LogP contribution in [0.2, 0.25) is 0 Å². The maximum Gasteiger partial charge on any atom is 0.257 e. The van der Waals surface area contributed by atoms with Gasteiger partial charge >= 0.3 is 0 Å². The van der Waals surface area contributed by atoms with Gasteiger partial charge in [-0.1, -0.05) is 17.7 Å². The number of nitrogens with one attached hydrogen (secondary N) is 2. The Morgan fingerprint density at radius 2 is 1.83 bits per heavy atom. The smallest absolute Gasteiger partial charge is 0.257 e. The minimum Gasteiger partial charge on any atom is -0.367 e. The number of aryl methyl sites for hydroxylation is 1. The maximum absolute atomic E-state index is 12.3. The van der Waals surface area contributed by atoms with Crippen molar-refractivity contribution in [2.75, 3.05) is 30.8 Å². The van der Waals surface area contributed by atoms with Crippen LogP contribution in [0, 0.1) is 6.92 Å². The summed E-state index contributed by atoms with van der Waals surface area (Å²) in [5.74, 6) is 0.689. The number of carbonyl (C=O) groups is 1. The van der Waals surface area contributed by atoms with Gasteiger partial charge in [0.1, 0.15) is 5.82 Å². The molecule has 0 aliphatic carbocycles. The first-order valence-electron chi connectivity index (χ1n) is 8.39. The molecule has 0 unspecified atom stereocenters. The van der Waals surface area contributed by atoms with Crippen LogP contribution in [-0.4, -0.2) is 42.0 Å². The molecule has 1 saturated heterocycles. The normalized spacial score (nSPS) is 15.9. The van der Waals surface area contributed by atoms with E-state index in [1.807, 2.05) is 43.3 Å². The molecule has 0 spiro atoms. The molecule has 3 rings (SSSR count). The zero-order valence-electron chi connectivity index (χ0n) is 14.2. The Morgan fingerprint density at radius 3 is 2.46 bits per heavy atom. The number of pyridine rings is 1. The lowest BCUT2D eigenvalue weighted by molar-refractivity contribution is 0.102. The van der Waals surface area contributed by atoms with E-state index in [4.69, 9.17) is 0 Å². The van der Waals surface area contributed by atoms with Gasteiger partial charge in [-0.15, -0.1) is 0 Å². The average Bonchev–Trinajstić information content (AvgIpc) is 2.59. The fourth-order valence-electron chi connectivity index (χ4n) is 2.82. The number of amides is 1. The van der Waals surface area contributed by atoms with Crippen molar-refractivity contribution >= 4 is 17.4 Å². The summed E-state index contributed by atoms with van der Waals surface area (Å²) >= 11 is 0. The summed E-state index contributed by atoms with van der Waals surface area (Å²) < 4.78 is 0. The molecule has 24 heavy (non-hydrogen) atoms. The minimum atomic E-state index is -0.141. The second-order valence-electron chi connectivity index (χ2n) is 6.47. The summed E-state index contributed by atoms with van der Waals surface area (Å²) in [6.07, 6.45) is 3.86. The lowest BCUT2D eigenvalue weighted by atomic mass is 10.1. The second kappa shape index (κ2) is 7.45. The summed E-state index contributed by atoms with van der Waals surface area (Å²) in [4.78, 5) is 19.0. The van der Waals surface area contributed by atoms with E-state index in [1.54, 1.807) is 6.20 Å². The predicted octanol–water partition coefficient (Wildman–Crippen LogP) is 3.15. The third-order valence-electron chi connectivity index (χ3n) is 4.41. The molecular formula is C19H24N4O. The van der Waals surface area contributed by atoms with Crippen LogP contribution in [0.25, 0.3) is 0 Å². The van der Waals surface area contributed by atoms with Crippen molar-refractivity contribution in [1.29, 1.82) is 0 Å². The first-order chi connectivity index (χ1) is 11.6. The van der Waals surface area contributed by atoms with E-state index in [0.29, 0.717) is 11.6 Å². The molecule has 1 fully saturated rings. The van der Waals surface area contributed by atoms with Crippen molar-refractivity contribution in [3.63, 3.8) is 0 Å². The number of hydrogen-bond acceptors (Lipinski definition) is 4. The van der Waals surface area contributed by atoms with Crippen molar-refractivity contribution in [2.45, 2.75) is 25.8 Å². The molecule has 0 saturated carbocycles. The van der Waals surface area contributed by atoms with Crippen molar-refractivity contribution in [2.24, 2.45) is 0 Å². The molecule has 2 heterocycles. The van der Waals surface area contributed by atoms with Gasteiger partial charge in [-0.2, -0.15) is 0 Å². The summed E-state index contributed by atoms with van der Waals surface area (Å²) in [7, 11) is 2.15. The Morgan fingerprint density at radius 1 is 1.12 bits per heavy atom. The van der Waals surface area contributed by atoms with Gasteiger partial charge in [0.2, 0.25) is 0 Å². The van der Waals surface area contributed by atoms with Crippen LogP contribution in [0.3, 0.4) is 0 Å². The molecule has 0 bridgehead atoms. The van der Waals surface area contributed by atoms with Crippen LogP contribution in [0.15, 0.2) is 42.6 Å². The van der Waals surface area contributed by atoms with Gasteiger partial charge in [0, 0.05) is 17.9 Å². The van der Waals surface area contributed by atoms with Gasteiger partial charge in [-0.25, -0.2) is 4.98 Å². The summed E-state index contributed by atoms with van der Waals surface area (Å²) in [5.41, 5.74) is 2.52. The fraction of sp³-hybridized carbons (Fsp3) is 0.368. The van der Waals surface area contributed by atoms with Crippen molar-refractivity contribution in [1.82, 2.24) is 9.88 Å². The number of carbonyl (C=O) groups excluding carboxylic acids is 1. The van der Waals surface area contributed by atoms with Gasteiger partial charge in [0.15, 0.2) is 0 Å². The first-order valence-corrected chi connectivity index (χ1v) is 8.39. The van der Waals surface area contributed by atoms with Crippen molar-refractivity contribution in [3.8, 4) is 0 Å². The monoisotopic (exact) mass is 324 g/mol. The highest BCUT2D eigenvalue weighted by Gasteiger charge is 2.16. The zero-order chi connectivity index (χ0) is 16.9. The van der Waals surface area contributed by atoms with E-state index in [9.17, 15) is 4.79 Å². The Kier molecular flexibility index (Phi) is 5.11. The number of aromatic nitrogens is 1. The minimum absolute atomic E-state index is 0.141. The van der Waals surface area contributed by atoms with Crippen LogP contribution >= 0.6 is 0 Å². The topological polar surface area (TPSA) is 57.3 Å². The highest BCUT2D eigenvalue weighted by molar-refractivity contribution is 6.04. The predicted molar refractivity (Wildman–Crippen MR) is 97.5 cm³/mol. The van der Waals surface area contributed by atoms with Crippen LogP contribution in [0.4, 0.5) is 11.5 Å². The van der Waals surface area contributed by atoms with Gasteiger partial charge in [0.25, 0.3) is 5.91 Å². The second-order valence-corrected chi connectivity index (χ2v) is 6.47. The molecule has 0 atom stereocenters. The number of likely N-dealkylation sites (tertiary alicyclic amines) is 1. The molecule has 1 aromatic carbocycles. The first kappa shape index (κ1) is 16.5. The Bertz CT molecular complexity index is 674. The Labute approximate surface area is 143 Å². The number of piperidine rings is 1. The van der Waals surface area contributed by atoms with Crippen LogP contribution < -0.4 is 10.6 Å². The van der Waals surface area contributed by atoms with Gasteiger partial charge in [0.05, 0.1) is 5.56 Å². The van der Waals surface area contributed by atoms with Crippen molar-refractivity contribution < 1.29 is 4.79 Å². The average molecular weight is 324 g/mol. The van der Waals surface area contributed by atoms with Crippen LogP contribution in [-0.2, 0) is 0 Å². The van der Waals surface area contributed by atoms with E-state index < -0.39 is 0 Å². The third kappa shape index (κ3) is 4.32. The summed E-state index contributed by atoms with van der Waals surface area (Å²) in [6.45, 7) is 4.23. The van der Waals surface area contributed by atoms with E-state index >= 15 is 0 Å². The molecule has 5 nitrogen and oxygen atoms in total. The van der Waals surface area contributed by atoms with Crippen LogP contribution in [0.1, 0.15) is 28.8 Å². The molecule has 2 aromatic rings. The molecule has 1 aliphatic rings. The number of rotatable bonds is 4. The fourth-order valence-corrected chi connectivity index (χ4v) is 2.82. The Hall–Kier alpha value is -2.40. The number of hydrogen-bond donors (Lipinski definition) is 2. The van der Waals surface area contributed by atoms with E-state index in [-0.39, 0.29) is 5.91 Å². The maximum atomic E-state index is 12.3. The molecule has 126 valence electrons. The van der Waals surface area contributed by atoms with E-state index in [2.05, 4.69) is 27.6 Å². The number of anilines is 2. The quantitative estimate of drug-likeness (QED) is 0.907. The Balaban J connectivity index is 1.57. The molecular weight excluding hydrogens is 300 g/mol. The van der Waals surface area contributed by atoms with E-state index in [1.165, 1.54) is 5.56 Å². The number of nitrogens with zero attached hydrogens (tertiary/aromatic N) is 2. The van der Waals surface area contributed by atoms with Gasteiger partial charge in [-0.3, -0.25) is 4.79 Å². The SMILES string of the molecule is Cc1ccc(NC(=O)c2ccc(NC3CCN(C)CC3)nc2)cc1. The third-order valence-corrected chi connectivity index (χ3v) is 4.41. The standard InChI is InChI=1S/C19H24N4O/c1-14-3-6-16(7-4-14)22-19(24)15-5-8-18(20-13-15)21-17-9-11-23(2)12-10-17/h3-8,13,17H,9-12H2,1-2H3,(H,20,21)(H,22,24). The zero-order valence-corrected chi connectivity index (χ0v) is 14.2. The summed E-state index contributed by atoms with van der Waals surface area (Å²) in [6, 6.07) is 11.9. The highest BCUT2D eigenvalue weighted by Crippen LogP contribution is 2.15. The molecule has 0 radical (unpaired) electrons. The molecule has 1 amide bonds. The lowest BCUT2D eigenvalue weighted by Gasteiger charge is -2.29. The molecule has 2 N–H and O–H groups in total. The molecule has 1 aromatic heterocycles. The molecule has 1 aliphatic heterocycles.